The molecule has 2 aromatic heterocycles. The van der Waals surface area contributed by atoms with Gasteiger partial charge in [-0.1, -0.05) is 23.2 Å². The normalized spacial score (nSPS) is 11.0. The number of hydrogen-bond acceptors (Lipinski definition) is 2. The molecule has 0 bridgehead atoms. The summed E-state index contributed by atoms with van der Waals surface area (Å²) in [6.07, 6.45) is 3.62. The second-order valence-corrected chi connectivity index (χ2v) is 4.72. The highest BCUT2D eigenvalue weighted by molar-refractivity contribution is 6.36. The Balaban J connectivity index is 2.23. The van der Waals surface area contributed by atoms with Crippen LogP contribution in [0.2, 0.25) is 10.0 Å². The van der Waals surface area contributed by atoms with Crippen LogP contribution in [0.4, 0.5) is 0 Å². The van der Waals surface area contributed by atoms with Crippen LogP contribution in [0.3, 0.4) is 0 Å². The van der Waals surface area contributed by atoms with Gasteiger partial charge in [0.25, 0.3) is 0 Å². The predicted molar refractivity (Wildman–Crippen MR) is 72.3 cm³/mol. The zero-order chi connectivity index (χ0) is 12.7. The molecule has 0 atom stereocenters. The molecule has 3 aromatic rings. The predicted octanol–water partition coefficient (Wildman–Crippen LogP) is 4.01. The van der Waals surface area contributed by atoms with E-state index >= 15 is 0 Å². The SMILES string of the molecule is Oc1cccn2cc(-c3ccc(Cl)cc3Cl)nc12. The van der Waals surface area contributed by atoms with Gasteiger partial charge in [0.1, 0.15) is 0 Å². The van der Waals surface area contributed by atoms with E-state index in [2.05, 4.69) is 4.98 Å². The number of pyridine rings is 1. The molecule has 18 heavy (non-hydrogen) atoms. The van der Waals surface area contributed by atoms with E-state index in [0.29, 0.717) is 21.4 Å². The van der Waals surface area contributed by atoms with Gasteiger partial charge in [-0.3, -0.25) is 0 Å². The van der Waals surface area contributed by atoms with E-state index in [1.54, 1.807) is 28.7 Å². The van der Waals surface area contributed by atoms with Crippen molar-refractivity contribution in [3.63, 3.8) is 0 Å². The second kappa shape index (κ2) is 4.19. The third-order valence-electron chi connectivity index (χ3n) is 2.67. The molecule has 1 aromatic carbocycles. The quantitative estimate of drug-likeness (QED) is 0.730. The molecule has 0 aliphatic heterocycles. The van der Waals surface area contributed by atoms with Crippen molar-refractivity contribution in [1.82, 2.24) is 9.38 Å². The first-order valence-corrected chi connectivity index (χ1v) is 6.03. The topological polar surface area (TPSA) is 37.5 Å². The number of nitrogens with zero attached hydrogens (tertiary/aromatic N) is 2. The molecule has 2 heterocycles. The van der Waals surface area contributed by atoms with Gasteiger partial charge in [0.05, 0.1) is 10.7 Å². The van der Waals surface area contributed by atoms with E-state index in [-0.39, 0.29) is 5.75 Å². The molecule has 3 nitrogen and oxygen atoms in total. The van der Waals surface area contributed by atoms with Gasteiger partial charge >= 0.3 is 0 Å². The van der Waals surface area contributed by atoms with Gasteiger partial charge < -0.3 is 9.51 Å². The van der Waals surface area contributed by atoms with Gasteiger partial charge in [0.15, 0.2) is 11.4 Å². The van der Waals surface area contributed by atoms with Crippen LogP contribution in [0.25, 0.3) is 16.9 Å². The van der Waals surface area contributed by atoms with Crippen molar-refractivity contribution in [2.24, 2.45) is 0 Å². The van der Waals surface area contributed by atoms with E-state index in [9.17, 15) is 5.11 Å². The molecule has 0 unspecified atom stereocenters. The Morgan fingerprint density at radius 1 is 1.17 bits per heavy atom. The molecule has 0 aliphatic rings. The lowest BCUT2D eigenvalue weighted by atomic mass is 10.2. The van der Waals surface area contributed by atoms with Crippen LogP contribution < -0.4 is 0 Å². The molecular formula is C13H8Cl2N2O. The summed E-state index contributed by atoms with van der Waals surface area (Å²) < 4.78 is 1.75. The summed E-state index contributed by atoms with van der Waals surface area (Å²) in [5.41, 5.74) is 1.97. The minimum Gasteiger partial charge on any atom is -0.504 e. The minimum absolute atomic E-state index is 0.133. The van der Waals surface area contributed by atoms with E-state index in [4.69, 9.17) is 23.2 Å². The molecule has 0 amide bonds. The van der Waals surface area contributed by atoms with Gasteiger partial charge in [-0.2, -0.15) is 0 Å². The highest BCUT2D eigenvalue weighted by atomic mass is 35.5. The average Bonchev–Trinajstić information content (AvgIpc) is 2.74. The van der Waals surface area contributed by atoms with Gasteiger partial charge in [-0.05, 0) is 30.3 Å². The lowest BCUT2D eigenvalue weighted by Crippen LogP contribution is -1.80. The fourth-order valence-electron chi connectivity index (χ4n) is 1.83. The first-order chi connectivity index (χ1) is 8.65. The standard InChI is InChI=1S/C13H8Cl2N2O/c14-8-3-4-9(10(15)6-8)11-7-17-5-1-2-12(18)13(17)16-11/h1-7,18H. The maximum atomic E-state index is 9.71. The number of benzene rings is 1. The number of imidazole rings is 1. The van der Waals surface area contributed by atoms with Crippen molar-refractivity contribution in [1.29, 1.82) is 0 Å². The van der Waals surface area contributed by atoms with Crippen LogP contribution in [0.15, 0.2) is 42.7 Å². The van der Waals surface area contributed by atoms with Crippen LogP contribution in [-0.4, -0.2) is 14.5 Å². The number of aromatic nitrogens is 2. The van der Waals surface area contributed by atoms with Gasteiger partial charge in [0.2, 0.25) is 0 Å². The zero-order valence-electron chi connectivity index (χ0n) is 9.14. The molecule has 0 saturated heterocycles. The molecular weight excluding hydrogens is 271 g/mol. The highest BCUT2D eigenvalue weighted by Gasteiger charge is 2.10. The van der Waals surface area contributed by atoms with Crippen LogP contribution in [0.1, 0.15) is 0 Å². The Bertz CT molecular complexity index is 737. The fraction of sp³-hybridized carbons (Fsp3) is 0. The average molecular weight is 279 g/mol. The van der Waals surface area contributed by atoms with Crippen molar-refractivity contribution < 1.29 is 5.11 Å². The Hall–Kier alpha value is -1.71. The summed E-state index contributed by atoms with van der Waals surface area (Å²) in [5, 5.41) is 10.8. The minimum atomic E-state index is 0.133. The molecule has 0 spiro atoms. The Morgan fingerprint density at radius 3 is 2.72 bits per heavy atom. The number of aromatic hydroxyl groups is 1. The molecule has 5 heteroatoms. The molecule has 0 saturated carbocycles. The van der Waals surface area contributed by atoms with Crippen molar-refractivity contribution in [2.75, 3.05) is 0 Å². The lowest BCUT2D eigenvalue weighted by molar-refractivity contribution is 0.477. The van der Waals surface area contributed by atoms with Crippen molar-refractivity contribution >= 4 is 28.8 Å². The Kier molecular flexibility index (Phi) is 2.65. The second-order valence-electron chi connectivity index (χ2n) is 3.87. The maximum absolute atomic E-state index is 9.71. The monoisotopic (exact) mass is 278 g/mol. The molecule has 0 radical (unpaired) electrons. The third-order valence-corrected chi connectivity index (χ3v) is 3.22. The van der Waals surface area contributed by atoms with Crippen LogP contribution in [-0.2, 0) is 0 Å². The molecule has 0 fully saturated rings. The first kappa shape index (κ1) is 11.4. The summed E-state index contributed by atoms with van der Waals surface area (Å²) in [4.78, 5) is 4.36. The third kappa shape index (κ3) is 1.82. The lowest BCUT2D eigenvalue weighted by Gasteiger charge is -2.00. The van der Waals surface area contributed by atoms with E-state index < -0.39 is 0 Å². The van der Waals surface area contributed by atoms with Crippen molar-refractivity contribution in [2.45, 2.75) is 0 Å². The molecule has 90 valence electrons. The fourth-order valence-corrected chi connectivity index (χ4v) is 2.33. The highest BCUT2D eigenvalue weighted by Crippen LogP contribution is 2.31. The number of fused-ring (bicyclic) bond motifs is 1. The Morgan fingerprint density at radius 2 is 2.00 bits per heavy atom. The van der Waals surface area contributed by atoms with E-state index in [0.717, 1.165) is 5.56 Å². The molecule has 0 aliphatic carbocycles. The van der Waals surface area contributed by atoms with Crippen LogP contribution in [0, 0.1) is 0 Å². The summed E-state index contributed by atoms with van der Waals surface area (Å²) >= 11 is 12.0. The van der Waals surface area contributed by atoms with Crippen molar-refractivity contribution in [3.8, 4) is 17.0 Å². The largest absolute Gasteiger partial charge is 0.504 e. The van der Waals surface area contributed by atoms with Gasteiger partial charge in [-0.15, -0.1) is 0 Å². The summed E-state index contributed by atoms with van der Waals surface area (Å²) in [6, 6.07) is 8.57. The molecule has 1 N–H and O–H groups in total. The maximum Gasteiger partial charge on any atom is 0.180 e. The van der Waals surface area contributed by atoms with E-state index in [1.165, 1.54) is 0 Å². The van der Waals surface area contributed by atoms with Gasteiger partial charge in [-0.25, -0.2) is 4.98 Å². The number of hydrogen-bond donors (Lipinski definition) is 1. The Labute approximate surface area is 113 Å². The molecule has 3 rings (SSSR count). The van der Waals surface area contributed by atoms with Crippen LogP contribution in [0.5, 0.6) is 5.75 Å². The number of rotatable bonds is 1. The summed E-state index contributed by atoms with van der Waals surface area (Å²) in [7, 11) is 0. The first-order valence-electron chi connectivity index (χ1n) is 5.27. The van der Waals surface area contributed by atoms with Crippen LogP contribution >= 0.6 is 23.2 Å². The zero-order valence-corrected chi connectivity index (χ0v) is 10.7. The van der Waals surface area contributed by atoms with Gasteiger partial charge in [0, 0.05) is 23.0 Å². The smallest absolute Gasteiger partial charge is 0.180 e. The van der Waals surface area contributed by atoms with Crippen molar-refractivity contribution in [3.05, 3.63) is 52.8 Å². The number of halogens is 2. The summed E-state index contributed by atoms with van der Waals surface area (Å²) in [5.74, 6) is 0.133. The van der Waals surface area contributed by atoms with E-state index in [1.807, 2.05) is 18.5 Å². The summed E-state index contributed by atoms with van der Waals surface area (Å²) in [6.45, 7) is 0.